The summed E-state index contributed by atoms with van der Waals surface area (Å²) in [5.41, 5.74) is 0.530. The molecule has 1 N–H and O–H groups in total. The molecule has 1 aliphatic rings. The number of nitrogens with one attached hydrogen (secondary N) is 1. The topological polar surface area (TPSA) is 95.3 Å². The smallest absolute Gasteiger partial charge is 0.328 e. The van der Waals surface area contributed by atoms with E-state index in [2.05, 4.69) is 21.3 Å². The number of nitriles is 1. The number of ether oxygens (including phenoxy) is 1. The fourth-order valence-corrected chi connectivity index (χ4v) is 3.13. The zero-order valence-corrected chi connectivity index (χ0v) is 15.6. The number of rotatable bonds is 6. The molecule has 0 spiro atoms. The summed E-state index contributed by atoms with van der Waals surface area (Å²) in [7, 11) is 1.34. The first-order valence-corrected chi connectivity index (χ1v) is 8.94. The predicted octanol–water partition coefficient (Wildman–Crippen LogP) is 1.87. The van der Waals surface area contributed by atoms with Gasteiger partial charge in [0.25, 0.3) is 0 Å². The summed E-state index contributed by atoms with van der Waals surface area (Å²) in [6, 6.07) is 5.03. The van der Waals surface area contributed by atoms with Crippen molar-refractivity contribution in [1.29, 1.82) is 5.26 Å². The van der Waals surface area contributed by atoms with Crippen LogP contribution in [0.15, 0.2) is 18.3 Å². The first-order chi connectivity index (χ1) is 12.4. The van der Waals surface area contributed by atoms with Crippen LogP contribution in [0.4, 0.5) is 5.82 Å². The van der Waals surface area contributed by atoms with Crippen molar-refractivity contribution < 1.29 is 14.3 Å². The Morgan fingerprint density at radius 3 is 2.58 bits per heavy atom. The molecule has 7 nitrogen and oxygen atoms in total. The largest absolute Gasteiger partial charge is 0.467 e. The number of methoxy groups -OCH3 is 1. The Kier molecular flexibility index (Phi) is 6.96. The minimum absolute atomic E-state index is 0.0894. The molecule has 1 aromatic heterocycles. The van der Waals surface area contributed by atoms with E-state index >= 15 is 0 Å². The number of pyridine rings is 1. The molecule has 0 aromatic carbocycles. The summed E-state index contributed by atoms with van der Waals surface area (Å²) in [5, 5.41) is 11.7. The van der Waals surface area contributed by atoms with E-state index < -0.39 is 12.0 Å². The van der Waals surface area contributed by atoms with Crippen molar-refractivity contribution in [3.8, 4) is 6.07 Å². The van der Waals surface area contributed by atoms with E-state index in [0.29, 0.717) is 37.9 Å². The Balaban J connectivity index is 1.90. The standard InChI is InChI=1S/C19H26N4O3/c1-13(2)10-16(19(25)26-3)22-18(24)15-6-8-23(9-7-15)17-5-4-14(11-20)12-21-17/h4-5,12-13,15-16H,6-10H2,1-3H3,(H,22,24). The van der Waals surface area contributed by atoms with E-state index in [0.717, 1.165) is 5.82 Å². The maximum absolute atomic E-state index is 12.5. The van der Waals surface area contributed by atoms with E-state index in [1.165, 1.54) is 7.11 Å². The number of nitrogens with zero attached hydrogens (tertiary/aromatic N) is 3. The van der Waals surface area contributed by atoms with Crippen LogP contribution < -0.4 is 10.2 Å². The molecule has 1 aromatic rings. The van der Waals surface area contributed by atoms with Crippen molar-refractivity contribution in [1.82, 2.24) is 10.3 Å². The first kappa shape index (κ1) is 19.7. The fraction of sp³-hybridized carbons (Fsp3) is 0.579. The summed E-state index contributed by atoms with van der Waals surface area (Å²) in [4.78, 5) is 30.8. The van der Waals surface area contributed by atoms with Crippen LogP contribution in [0.3, 0.4) is 0 Å². The van der Waals surface area contributed by atoms with Gasteiger partial charge in [0.05, 0.1) is 12.7 Å². The Labute approximate surface area is 154 Å². The minimum Gasteiger partial charge on any atom is -0.467 e. The van der Waals surface area contributed by atoms with Crippen molar-refractivity contribution in [3.05, 3.63) is 23.9 Å². The molecule has 1 saturated heterocycles. The van der Waals surface area contributed by atoms with Gasteiger partial charge in [-0.1, -0.05) is 13.8 Å². The number of carbonyl (C=O) groups is 2. The van der Waals surface area contributed by atoms with Crippen molar-refractivity contribution in [2.75, 3.05) is 25.1 Å². The van der Waals surface area contributed by atoms with Gasteiger partial charge in [0.1, 0.15) is 17.9 Å². The molecule has 0 saturated carbocycles. The van der Waals surface area contributed by atoms with Crippen LogP contribution in [0, 0.1) is 23.2 Å². The average Bonchev–Trinajstić information content (AvgIpc) is 2.66. The van der Waals surface area contributed by atoms with Gasteiger partial charge in [0, 0.05) is 25.2 Å². The third kappa shape index (κ3) is 5.19. The van der Waals surface area contributed by atoms with E-state index in [1.54, 1.807) is 12.3 Å². The number of amides is 1. The lowest BCUT2D eigenvalue weighted by atomic mass is 9.94. The first-order valence-electron chi connectivity index (χ1n) is 8.94. The Hall–Kier alpha value is -2.62. The number of piperidine rings is 1. The van der Waals surface area contributed by atoms with Crippen LogP contribution in [0.1, 0.15) is 38.7 Å². The SMILES string of the molecule is COC(=O)C(CC(C)C)NC(=O)C1CCN(c2ccc(C#N)cn2)CC1. The van der Waals surface area contributed by atoms with E-state index in [1.807, 2.05) is 19.9 Å². The Morgan fingerprint density at radius 1 is 1.38 bits per heavy atom. The second-order valence-corrected chi connectivity index (χ2v) is 6.99. The molecule has 2 rings (SSSR count). The molecule has 26 heavy (non-hydrogen) atoms. The van der Waals surface area contributed by atoms with Crippen LogP contribution in [0.25, 0.3) is 0 Å². The number of aromatic nitrogens is 1. The predicted molar refractivity (Wildman–Crippen MR) is 97.3 cm³/mol. The van der Waals surface area contributed by atoms with Gasteiger partial charge < -0.3 is 15.0 Å². The molecular weight excluding hydrogens is 332 g/mol. The zero-order chi connectivity index (χ0) is 19.1. The van der Waals surface area contributed by atoms with Crippen molar-refractivity contribution in [2.24, 2.45) is 11.8 Å². The summed E-state index contributed by atoms with van der Waals surface area (Å²) in [6.45, 7) is 5.43. The second kappa shape index (κ2) is 9.18. The highest BCUT2D eigenvalue weighted by Crippen LogP contribution is 2.22. The molecular formula is C19H26N4O3. The van der Waals surface area contributed by atoms with Crippen LogP contribution in [0.2, 0.25) is 0 Å². The molecule has 0 bridgehead atoms. The third-order valence-electron chi connectivity index (χ3n) is 4.58. The molecule has 1 unspecified atom stereocenters. The molecule has 1 amide bonds. The molecule has 1 atom stereocenters. The summed E-state index contributed by atoms with van der Waals surface area (Å²) in [5.74, 6) is 0.488. The molecule has 0 radical (unpaired) electrons. The van der Waals surface area contributed by atoms with E-state index in [4.69, 9.17) is 10.00 Å². The number of hydrogen-bond acceptors (Lipinski definition) is 6. The molecule has 1 aliphatic heterocycles. The molecule has 0 aliphatic carbocycles. The molecule has 140 valence electrons. The van der Waals surface area contributed by atoms with Crippen LogP contribution >= 0.6 is 0 Å². The molecule has 7 heteroatoms. The monoisotopic (exact) mass is 358 g/mol. The van der Waals surface area contributed by atoms with Gasteiger partial charge in [-0.15, -0.1) is 0 Å². The van der Waals surface area contributed by atoms with Crippen LogP contribution in [-0.4, -0.2) is 43.1 Å². The number of anilines is 1. The minimum atomic E-state index is -0.592. The van der Waals surface area contributed by atoms with Crippen molar-refractivity contribution in [2.45, 2.75) is 39.2 Å². The second-order valence-electron chi connectivity index (χ2n) is 6.99. The lowest BCUT2D eigenvalue weighted by Gasteiger charge is -2.32. The zero-order valence-electron chi connectivity index (χ0n) is 15.6. The lowest BCUT2D eigenvalue weighted by Crippen LogP contribution is -2.47. The van der Waals surface area contributed by atoms with Gasteiger partial charge in [-0.05, 0) is 37.3 Å². The van der Waals surface area contributed by atoms with Crippen LogP contribution in [0.5, 0.6) is 0 Å². The van der Waals surface area contributed by atoms with Crippen molar-refractivity contribution >= 4 is 17.7 Å². The molecule has 2 heterocycles. The third-order valence-corrected chi connectivity index (χ3v) is 4.58. The highest BCUT2D eigenvalue weighted by Gasteiger charge is 2.29. The van der Waals surface area contributed by atoms with E-state index in [-0.39, 0.29) is 17.7 Å². The lowest BCUT2D eigenvalue weighted by molar-refractivity contribution is -0.146. The number of carbonyl (C=O) groups excluding carboxylic acids is 2. The highest BCUT2D eigenvalue weighted by atomic mass is 16.5. The summed E-state index contributed by atoms with van der Waals surface area (Å²) < 4.78 is 4.80. The van der Waals surface area contributed by atoms with Gasteiger partial charge in [0.15, 0.2) is 0 Å². The number of esters is 1. The quantitative estimate of drug-likeness (QED) is 0.780. The summed E-state index contributed by atoms with van der Waals surface area (Å²) in [6.07, 6.45) is 3.51. The van der Waals surface area contributed by atoms with Crippen molar-refractivity contribution in [3.63, 3.8) is 0 Å². The molecule has 1 fully saturated rings. The maximum Gasteiger partial charge on any atom is 0.328 e. The maximum atomic E-state index is 12.5. The van der Waals surface area contributed by atoms with Gasteiger partial charge in [-0.3, -0.25) is 4.79 Å². The van der Waals surface area contributed by atoms with Gasteiger partial charge in [0.2, 0.25) is 5.91 Å². The normalized spacial score (nSPS) is 16.0. The highest BCUT2D eigenvalue weighted by molar-refractivity contribution is 5.85. The fourth-order valence-electron chi connectivity index (χ4n) is 3.13. The van der Waals surface area contributed by atoms with Crippen LogP contribution in [-0.2, 0) is 14.3 Å². The Bertz CT molecular complexity index is 658. The number of hydrogen-bond donors (Lipinski definition) is 1. The summed E-state index contributed by atoms with van der Waals surface area (Å²) >= 11 is 0. The van der Waals surface area contributed by atoms with Gasteiger partial charge in [-0.25, -0.2) is 9.78 Å². The van der Waals surface area contributed by atoms with E-state index in [9.17, 15) is 9.59 Å². The van der Waals surface area contributed by atoms with Gasteiger partial charge in [-0.2, -0.15) is 5.26 Å². The Morgan fingerprint density at radius 2 is 2.08 bits per heavy atom. The van der Waals surface area contributed by atoms with Gasteiger partial charge >= 0.3 is 5.97 Å². The average molecular weight is 358 g/mol.